The first-order valence-corrected chi connectivity index (χ1v) is 5.69. The van der Waals surface area contributed by atoms with Crippen molar-refractivity contribution in [3.63, 3.8) is 0 Å². The summed E-state index contributed by atoms with van der Waals surface area (Å²) in [6, 6.07) is 5.53. The first kappa shape index (κ1) is 12.7. The van der Waals surface area contributed by atoms with Gasteiger partial charge in [0, 0.05) is 5.69 Å². The van der Waals surface area contributed by atoms with Crippen molar-refractivity contribution >= 4 is 11.6 Å². The van der Waals surface area contributed by atoms with E-state index in [1.165, 1.54) is 0 Å². The molecule has 0 unspecified atom stereocenters. The molecule has 1 rings (SSSR count). The SMILES string of the molecule is CCC[C@@H](N)C(=O)Nc1c(C)cccc1C. The van der Waals surface area contributed by atoms with Crippen LogP contribution in [0, 0.1) is 13.8 Å². The van der Waals surface area contributed by atoms with Gasteiger partial charge in [0.05, 0.1) is 6.04 Å². The molecule has 88 valence electrons. The van der Waals surface area contributed by atoms with Crippen molar-refractivity contribution in [2.45, 2.75) is 39.7 Å². The molecule has 0 saturated carbocycles. The highest BCUT2D eigenvalue weighted by atomic mass is 16.2. The zero-order valence-electron chi connectivity index (χ0n) is 10.2. The van der Waals surface area contributed by atoms with Gasteiger partial charge >= 0.3 is 0 Å². The number of anilines is 1. The number of benzene rings is 1. The van der Waals surface area contributed by atoms with Gasteiger partial charge in [-0.25, -0.2) is 0 Å². The zero-order chi connectivity index (χ0) is 12.1. The zero-order valence-corrected chi connectivity index (χ0v) is 10.2. The molecule has 0 aliphatic rings. The lowest BCUT2D eigenvalue weighted by Crippen LogP contribution is -2.35. The number of hydrogen-bond acceptors (Lipinski definition) is 2. The fourth-order valence-corrected chi connectivity index (χ4v) is 1.67. The molecule has 1 aromatic rings. The van der Waals surface area contributed by atoms with E-state index in [4.69, 9.17) is 5.73 Å². The Kier molecular flexibility index (Phi) is 4.50. The number of carbonyl (C=O) groups excluding carboxylic acids is 1. The van der Waals surface area contributed by atoms with Crippen LogP contribution in [0.3, 0.4) is 0 Å². The molecule has 3 nitrogen and oxygen atoms in total. The molecule has 1 amide bonds. The highest BCUT2D eigenvalue weighted by Gasteiger charge is 2.14. The van der Waals surface area contributed by atoms with Crippen LogP contribution in [0.2, 0.25) is 0 Å². The lowest BCUT2D eigenvalue weighted by atomic mass is 10.1. The Hall–Kier alpha value is -1.35. The van der Waals surface area contributed by atoms with Gasteiger partial charge in [0.2, 0.25) is 5.91 Å². The van der Waals surface area contributed by atoms with Gasteiger partial charge in [-0.2, -0.15) is 0 Å². The van der Waals surface area contributed by atoms with Crippen molar-refractivity contribution in [1.82, 2.24) is 0 Å². The second-order valence-corrected chi connectivity index (χ2v) is 4.15. The normalized spacial score (nSPS) is 12.2. The number of carbonyl (C=O) groups is 1. The standard InChI is InChI=1S/C13H20N2O/c1-4-6-11(14)13(16)15-12-9(2)7-5-8-10(12)3/h5,7-8,11H,4,6,14H2,1-3H3,(H,15,16)/t11-/m1/s1. The van der Waals surface area contributed by atoms with Gasteiger partial charge in [0.15, 0.2) is 0 Å². The van der Waals surface area contributed by atoms with Crippen LogP contribution in [0.4, 0.5) is 5.69 Å². The maximum absolute atomic E-state index is 11.8. The molecular weight excluding hydrogens is 200 g/mol. The van der Waals surface area contributed by atoms with Crippen molar-refractivity contribution in [3.8, 4) is 0 Å². The third kappa shape index (κ3) is 3.07. The van der Waals surface area contributed by atoms with Gasteiger partial charge in [-0.05, 0) is 31.4 Å². The molecule has 0 bridgehead atoms. The summed E-state index contributed by atoms with van der Waals surface area (Å²) in [4.78, 5) is 11.8. The van der Waals surface area contributed by atoms with Crippen LogP contribution in [0.5, 0.6) is 0 Å². The summed E-state index contributed by atoms with van der Waals surface area (Å²) in [6.45, 7) is 5.98. The third-order valence-electron chi connectivity index (χ3n) is 2.67. The number of nitrogens with two attached hydrogens (primary N) is 1. The minimum Gasteiger partial charge on any atom is -0.324 e. The maximum atomic E-state index is 11.8. The van der Waals surface area contributed by atoms with Crippen LogP contribution in [0.25, 0.3) is 0 Å². The van der Waals surface area contributed by atoms with E-state index in [0.29, 0.717) is 0 Å². The minimum atomic E-state index is -0.413. The Morgan fingerprint density at radius 1 is 1.38 bits per heavy atom. The molecule has 3 heteroatoms. The van der Waals surface area contributed by atoms with Crippen molar-refractivity contribution < 1.29 is 4.79 Å². The summed E-state index contributed by atoms with van der Waals surface area (Å²) < 4.78 is 0. The first-order chi connectivity index (χ1) is 7.56. The average molecular weight is 220 g/mol. The molecule has 0 fully saturated rings. The van der Waals surface area contributed by atoms with E-state index in [9.17, 15) is 4.79 Å². The average Bonchev–Trinajstić information content (AvgIpc) is 2.23. The molecule has 0 aromatic heterocycles. The molecule has 3 N–H and O–H groups in total. The number of amides is 1. The number of nitrogens with one attached hydrogen (secondary N) is 1. The van der Waals surface area contributed by atoms with E-state index in [-0.39, 0.29) is 5.91 Å². The monoisotopic (exact) mass is 220 g/mol. The van der Waals surface area contributed by atoms with Gasteiger partial charge in [0.25, 0.3) is 0 Å². The predicted molar refractivity (Wildman–Crippen MR) is 67.4 cm³/mol. The van der Waals surface area contributed by atoms with Crippen LogP contribution < -0.4 is 11.1 Å². The molecule has 16 heavy (non-hydrogen) atoms. The molecule has 1 aromatic carbocycles. The number of hydrogen-bond donors (Lipinski definition) is 2. The first-order valence-electron chi connectivity index (χ1n) is 5.69. The highest BCUT2D eigenvalue weighted by molar-refractivity contribution is 5.95. The second kappa shape index (κ2) is 5.66. The minimum absolute atomic E-state index is 0.0979. The van der Waals surface area contributed by atoms with Gasteiger partial charge in [0.1, 0.15) is 0 Å². The quantitative estimate of drug-likeness (QED) is 0.818. The topological polar surface area (TPSA) is 55.1 Å². The molecule has 0 saturated heterocycles. The van der Waals surface area contributed by atoms with Crippen LogP contribution in [0.1, 0.15) is 30.9 Å². The second-order valence-electron chi connectivity index (χ2n) is 4.15. The lowest BCUT2D eigenvalue weighted by molar-refractivity contribution is -0.117. The Bertz CT molecular complexity index is 354. The van der Waals surface area contributed by atoms with Crippen LogP contribution in [0.15, 0.2) is 18.2 Å². The maximum Gasteiger partial charge on any atom is 0.241 e. The van der Waals surface area contributed by atoms with Crippen molar-refractivity contribution in [3.05, 3.63) is 29.3 Å². The van der Waals surface area contributed by atoms with E-state index in [0.717, 1.165) is 29.7 Å². The summed E-state index contributed by atoms with van der Waals surface area (Å²) in [5.41, 5.74) is 8.79. The Morgan fingerprint density at radius 3 is 2.44 bits per heavy atom. The van der Waals surface area contributed by atoms with Crippen molar-refractivity contribution in [1.29, 1.82) is 0 Å². The highest BCUT2D eigenvalue weighted by Crippen LogP contribution is 2.19. The van der Waals surface area contributed by atoms with Gasteiger partial charge in [-0.1, -0.05) is 31.5 Å². The van der Waals surface area contributed by atoms with Gasteiger partial charge < -0.3 is 11.1 Å². The number of aryl methyl sites for hydroxylation is 2. The number of rotatable bonds is 4. The van der Waals surface area contributed by atoms with Gasteiger partial charge in [-0.3, -0.25) is 4.79 Å². The summed E-state index contributed by atoms with van der Waals surface area (Å²) in [5.74, 6) is -0.0979. The molecule has 0 aliphatic heterocycles. The lowest BCUT2D eigenvalue weighted by Gasteiger charge is -2.14. The van der Waals surface area contributed by atoms with E-state index in [1.54, 1.807) is 0 Å². The predicted octanol–water partition coefficient (Wildman–Crippen LogP) is 2.37. The van der Waals surface area contributed by atoms with Crippen LogP contribution in [-0.2, 0) is 4.79 Å². The molecule has 0 aliphatic carbocycles. The van der Waals surface area contributed by atoms with E-state index < -0.39 is 6.04 Å². The van der Waals surface area contributed by atoms with E-state index in [1.807, 2.05) is 39.0 Å². The summed E-state index contributed by atoms with van der Waals surface area (Å²) in [7, 11) is 0. The van der Waals surface area contributed by atoms with E-state index >= 15 is 0 Å². The van der Waals surface area contributed by atoms with Crippen molar-refractivity contribution in [2.24, 2.45) is 5.73 Å². The van der Waals surface area contributed by atoms with Gasteiger partial charge in [-0.15, -0.1) is 0 Å². The number of para-hydroxylation sites is 1. The molecule has 0 spiro atoms. The Labute approximate surface area is 97.0 Å². The fraction of sp³-hybridized carbons (Fsp3) is 0.462. The summed E-state index contributed by atoms with van der Waals surface area (Å²) in [6.07, 6.45) is 1.64. The molecule has 0 radical (unpaired) electrons. The summed E-state index contributed by atoms with van der Waals surface area (Å²) >= 11 is 0. The Balaban J connectivity index is 2.77. The van der Waals surface area contributed by atoms with Crippen LogP contribution >= 0.6 is 0 Å². The summed E-state index contributed by atoms with van der Waals surface area (Å²) in [5, 5.41) is 2.90. The Morgan fingerprint density at radius 2 is 1.94 bits per heavy atom. The van der Waals surface area contributed by atoms with Crippen LogP contribution in [-0.4, -0.2) is 11.9 Å². The largest absolute Gasteiger partial charge is 0.324 e. The smallest absolute Gasteiger partial charge is 0.241 e. The van der Waals surface area contributed by atoms with E-state index in [2.05, 4.69) is 5.32 Å². The molecule has 0 heterocycles. The third-order valence-corrected chi connectivity index (χ3v) is 2.67. The van der Waals surface area contributed by atoms with Crippen molar-refractivity contribution in [2.75, 3.05) is 5.32 Å². The fourth-order valence-electron chi connectivity index (χ4n) is 1.67. The molecule has 1 atom stereocenters. The molecular formula is C13H20N2O.